The van der Waals surface area contributed by atoms with Crippen molar-refractivity contribution in [1.82, 2.24) is 9.55 Å². The van der Waals surface area contributed by atoms with Crippen LogP contribution >= 0.6 is 0 Å². The highest BCUT2D eigenvalue weighted by atomic mass is 19.2. The van der Waals surface area contributed by atoms with E-state index >= 15 is 0 Å². The van der Waals surface area contributed by atoms with Crippen molar-refractivity contribution in [2.45, 2.75) is 6.54 Å². The Morgan fingerprint density at radius 3 is 2.71 bits per heavy atom. The number of carboxylic acid groups (broad SMARTS) is 1. The van der Waals surface area contributed by atoms with E-state index in [-0.39, 0.29) is 35.7 Å². The van der Waals surface area contributed by atoms with Crippen molar-refractivity contribution in [3.63, 3.8) is 0 Å². The fourth-order valence-electron chi connectivity index (χ4n) is 2.26. The molecule has 1 aromatic carbocycles. The number of aliphatic carboxylic acids is 1. The number of nitrogens with zero attached hydrogens (tertiary/aromatic N) is 1. The van der Waals surface area contributed by atoms with Gasteiger partial charge in [0.1, 0.15) is 12.2 Å². The smallest absolute Gasteiger partial charge is 0.335 e. The van der Waals surface area contributed by atoms with Gasteiger partial charge in [-0.1, -0.05) is 6.07 Å². The minimum Gasteiger partial charge on any atom is -0.478 e. The number of nitrogens with one attached hydrogen (secondary N) is 1. The summed E-state index contributed by atoms with van der Waals surface area (Å²) in [5.41, 5.74) is -1.68. The van der Waals surface area contributed by atoms with Crippen molar-refractivity contribution in [3.05, 3.63) is 67.4 Å². The van der Waals surface area contributed by atoms with Gasteiger partial charge in [0.15, 0.2) is 11.6 Å². The maximum absolute atomic E-state index is 13.3. The molecule has 0 saturated carbocycles. The average Bonchev–Trinajstić information content (AvgIpc) is 2.54. The summed E-state index contributed by atoms with van der Waals surface area (Å²) < 4.78 is 32.0. The minimum absolute atomic E-state index is 0.124. The number of aromatic nitrogens is 2. The molecule has 2 aromatic rings. The van der Waals surface area contributed by atoms with Crippen LogP contribution in [-0.2, 0) is 11.3 Å². The summed E-state index contributed by atoms with van der Waals surface area (Å²) in [4.78, 5) is 37.7. The summed E-state index contributed by atoms with van der Waals surface area (Å²) in [5.74, 6) is -3.53. The number of aromatic amines is 1. The summed E-state index contributed by atoms with van der Waals surface area (Å²) in [6.45, 7) is -0.597. The number of fused-ring (bicyclic) bond motifs is 1. The molecule has 1 aliphatic rings. The molecule has 9 heteroatoms. The van der Waals surface area contributed by atoms with Gasteiger partial charge in [-0.15, -0.1) is 0 Å². The lowest BCUT2D eigenvalue weighted by atomic mass is 10.1. The molecule has 0 amide bonds. The molecule has 0 fully saturated rings. The fourth-order valence-corrected chi connectivity index (χ4v) is 2.26. The molecule has 2 heterocycles. The Labute approximate surface area is 132 Å². The van der Waals surface area contributed by atoms with Crippen molar-refractivity contribution in [1.29, 1.82) is 0 Å². The van der Waals surface area contributed by atoms with Gasteiger partial charge in [-0.05, 0) is 23.8 Å². The molecule has 0 spiro atoms. The van der Waals surface area contributed by atoms with Crippen LogP contribution < -0.4 is 16.0 Å². The molecule has 0 radical (unpaired) electrons. The first-order chi connectivity index (χ1) is 11.4. The first-order valence-corrected chi connectivity index (χ1v) is 6.74. The Bertz CT molecular complexity index is 990. The summed E-state index contributed by atoms with van der Waals surface area (Å²) >= 11 is 0. The van der Waals surface area contributed by atoms with Crippen LogP contribution in [0.4, 0.5) is 8.78 Å². The van der Waals surface area contributed by atoms with Crippen LogP contribution in [-0.4, -0.2) is 27.2 Å². The van der Waals surface area contributed by atoms with Crippen LogP contribution in [0.3, 0.4) is 0 Å². The Kier molecular flexibility index (Phi) is 3.76. The Morgan fingerprint density at radius 1 is 1.29 bits per heavy atom. The highest BCUT2D eigenvalue weighted by molar-refractivity contribution is 5.93. The van der Waals surface area contributed by atoms with E-state index in [2.05, 4.69) is 4.98 Å². The molecule has 0 aliphatic carbocycles. The molecule has 0 bridgehead atoms. The third kappa shape index (κ3) is 2.71. The van der Waals surface area contributed by atoms with Gasteiger partial charge in [0.25, 0.3) is 5.56 Å². The van der Waals surface area contributed by atoms with E-state index in [9.17, 15) is 23.2 Å². The Balaban J connectivity index is 2.09. The Morgan fingerprint density at radius 2 is 2.04 bits per heavy atom. The van der Waals surface area contributed by atoms with Gasteiger partial charge < -0.3 is 9.84 Å². The van der Waals surface area contributed by atoms with Gasteiger partial charge in [0, 0.05) is 0 Å². The predicted octanol–water partition coefficient (Wildman–Crippen LogP) is 0.724. The highest BCUT2D eigenvalue weighted by Gasteiger charge is 2.22. The second kappa shape index (κ2) is 5.76. The largest absolute Gasteiger partial charge is 0.478 e. The second-order valence-electron chi connectivity index (χ2n) is 5.08. The predicted molar refractivity (Wildman–Crippen MR) is 77.9 cm³/mol. The van der Waals surface area contributed by atoms with Crippen LogP contribution in [0.1, 0.15) is 11.1 Å². The lowest BCUT2D eigenvalue weighted by Gasteiger charge is -2.16. The third-order valence-corrected chi connectivity index (χ3v) is 3.48. The standard InChI is InChI=1S/C15H10F2N2O5/c16-10-2-1-7(3-11(10)17)5-19-13(20)9-4-8(14(21)22)6-24-12(9)18-15(19)23/h1-4H,5-6H2,(H,18,23)(H,21,22). The molecule has 1 aliphatic heterocycles. The van der Waals surface area contributed by atoms with Crippen molar-refractivity contribution in [3.8, 4) is 5.88 Å². The average molecular weight is 336 g/mol. The summed E-state index contributed by atoms with van der Waals surface area (Å²) in [6.07, 6.45) is 1.11. The third-order valence-electron chi connectivity index (χ3n) is 3.48. The fraction of sp³-hybridized carbons (Fsp3) is 0.133. The van der Waals surface area contributed by atoms with Crippen LogP contribution in [0.15, 0.2) is 33.4 Å². The number of carbonyl (C=O) groups is 1. The monoisotopic (exact) mass is 336 g/mol. The molecule has 2 N–H and O–H groups in total. The van der Waals surface area contributed by atoms with Crippen molar-refractivity contribution < 1.29 is 23.4 Å². The zero-order valence-corrected chi connectivity index (χ0v) is 12.0. The highest BCUT2D eigenvalue weighted by Crippen LogP contribution is 2.19. The van der Waals surface area contributed by atoms with Crippen LogP contribution in [0.25, 0.3) is 6.08 Å². The quantitative estimate of drug-likeness (QED) is 0.860. The van der Waals surface area contributed by atoms with Gasteiger partial charge in [0.05, 0.1) is 12.1 Å². The number of hydrogen-bond donors (Lipinski definition) is 2. The van der Waals surface area contributed by atoms with Crippen molar-refractivity contribution >= 4 is 12.0 Å². The van der Waals surface area contributed by atoms with Crippen LogP contribution in [0, 0.1) is 11.6 Å². The van der Waals surface area contributed by atoms with Gasteiger partial charge >= 0.3 is 11.7 Å². The van der Waals surface area contributed by atoms with E-state index < -0.39 is 28.9 Å². The van der Waals surface area contributed by atoms with Crippen LogP contribution in [0.2, 0.25) is 0 Å². The first-order valence-electron chi connectivity index (χ1n) is 6.74. The molecule has 24 heavy (non-hydrogen) atoms. The van der Waals surface area contributed by atoms with Gasteiger partial charge in [0.2, 0.25) is 5.88 Å². The molecule has 0 unspecified atom stereocenters. The van der Waals surface area contributed by atoms with E-state index in [1.807, 2.05) is 0 Å². The number of ether oxygens (including phenoxy) is 1. The lowest BCUT2D eigenvalue weighted by molar-refractivity contribution is -0.132. The van der Waals surface area contributed by atoms with Crippen molar-refractivity contribution in [2.24, 2.45) is 0 Å². The minimum atomic E-state index is -1.25. The number of H-pyrrole nitrogens is 1. The van der Waals surface area contributed by atoms with Gasteiger partial charge in [-0.3, -0.25) is 14.3 Å². The molecular weight excluding hydrogens is 326 g/mol. The molecule has 3 rings (SSSR count). The number of halogens is 2. The maximum Gasteiger partial charge on any atom is 0.335 e. The van der Waals surface area contributed by atoms with Crippen LogP contribution in [0.5, 0.6) is 5.88 Å². The second-order valence-corrected chi connectivity index (χ2v) is 5.08. The maximum atomic E-state index is 13.3. The van der Waals surface area contributed by atoms with E-state index in [4.69, 9.17) is 9.84 Å². The molecular formula is C15H10F2N2O5. The topological polar surface area (TPSA) is 101 Å². The summed E-state index contributed by atoms with van der Waals surface area (Å²) in [7, 11) is 0. The zero-order chi connectivity index (χ0) is 17.4. The molecule has 0 atom stereocenters. The number of hydrogen-bond acceptors (Lipinski definition) is 4. The molecule has 0 saturated heterocycles. The van der Waals surface area contributed by atoms with E-state index in [1.165, 1.54) is 6.07 Å². The van der Waals surface area contributed by atoms with Crippen molar-refractivity contribution in [2.75, 3.05) is 6.61 Å². The number of carboxylic acids is 1. The van der Waals surface area contributed by atoms with Gasteiger partial charge in [-0.25, -0.2) is 18.4 Å². The normalized spacial score (nSPS) is 13.0. The van der Waals surface area contributed by atoms with E-state index in [0.717, 1.165) is 22.8 Å². The SMILES string of the molecule is O=C(O)C1=Cc2c([nH]c(=O)n(Cc3ccc(F)c(F)c3)c2=O)OC1. The number of rotatable bonds is 3. The summed E-state index contributed by atoms with van der Waals surface area (Å²) in [5, 5.41) is 8.96. The van der Waals surface area contributed by atoms with E-state index in [0.29, 0.717) is 0 Å². The zero-order valence-electron chi connectivity index (χ0n) is 12.0. The molecule has 7 nitrogen and oxygen atoms in total. The van der Waals surface area contributed by atoms with Gasteiger partial charge in [-0.2, -0.15) is 0 Å². The van der Waals surface area contributed by atoms with E-state index in [1.54, 1.807) is 0 Å². The molecule has 1 aromatic heterocycles. The lowest BCUT2D eigenvalue weighted by Crippen LogP contribution is -2.38. The number of benzene rings is 1. The Hall–Kier alpha value is -3.23. The molecule has 124 valence electrons. The summed E-state index contributed by atoms with van der Waals surface area (Å²) in [6, 6.07) is 2.99. The first kappa shape index (κ1) is 15.7.